The maximum Gasteiger partial charge on any atom is 0.251 e. The minimum atomic E-state index is 0.0339. The summed E-state index contributed by atoms with van der Waals surface area (Å²) < 4.78 is 0. The van der Waals surface area contributed by atoms with Gasteiger partial charge in [-0.25, -0.2) is 0 Å². The second kappa shape index (κ2) is 7.11. The lowest BCUT2D eigenvalue weighted by molar-refractivity contribution is 0.0935. The van der Waals surface area contributed by atoms with E-state index in [-0.39, 0.29) is 11.9 Å². The van der Waals surface area contributed by atoms with Crippen LogP contribution >= 0.6 is 15.9 Å². The summed E-state index contributed by atoms with van der Waals surface area (Å²) >= 11 is 3.72. The number of carbonyl (C=O) groups excluding carboxylic acids is 1. The van der Waals surface area contributed by atoms with Crippen LogP contribution in [0.4, 0.5) is 5.69 Å². The van der Waals surface area contributed by atoms with Crippen LogP contribution < -0.4 is 10.2 Å². The molecule has 0 bridgehead atoms. The second-order valence-electron chi connectivity index (χ2n) is 5.68. The van der Waals surface area contributed by atoms with E-state index in [1.807, 2.05) is 43.3 Å². The normalized spacial score (nSPS) is 22.9. The Bertz CT molecular complexity index is 444. The van der Waals surface area contributed by atoms with Crippen LogP contribution in [0, 0.1) is 0 Å². The van der Waals surface area contributed by atoms with Gasteiger partial charge in [0.15, 0.2) is 0 Å². The molecule has 1 fully saturated rings. The van der Waals surface area contributed by atoms with E-state index in [9.17, 15) is 4.79 Å². The van der Waals surface area contributed by atoms with Crippen LogP contribution in [-0.4, -0.2) is 30.9 Å². The lowest BCUT2D eigenvalue weighted by Gasteiger charge is -2.21. The monoisotopic (exact) mass is 338 g/mol. The predicted octanol–water partition coefficient (Wildman–Crippen LogP) is 3.58. The first kappa shape index (κ1) is 15.4. The first-order chi connectivity index (χ1) is 9.58. The highest BCUT2D eigenvalue weighted by molar-refractivity contribution is 9.09. The molecule has 4 heteroatoms. The Morgan fingerprint density at radius 2 is 1.80 bits per heavy atom. The summed E-state index contributed by atoms with van der Waals surface area (Å²) in [6.07, 6.45) is 5.93. The van der Waals surface area contributed by atoms with Gasteiger partial charge in [-0.3, -0.25) is 4.79 Å². The minimum absolute atomic E-state index is 0.0339. The van der Waals surface area contributed by atoms with Crippen molar-refractivity contribution in [1.29, 1.82) is 0 Å². The van der Waals surface area contributed by atoms with Crippen LogP contribution in [-0.2, 0) is 0 Å². The van der Waals surface area contributed by atoms with E-state index in [1.165, 1.54) is 19.3 Å². The van der Waals surface area contributed by atoms with E-state index >= 15 is 0 Å². The van der Waals surface area contributed by atoms with Crippen LogP contribution in [0.1, 0.15) is 42.5 Å². The van der Waals surface area contributed by atoms with Crippen molar-refractivity contribution in [2.75, 3.05) is 19.0 Å². The van der Waals surface area contributed by atoms with Crippen molar-refractivity contribution >= 4 is 27.5 Å². The second-order valence-corrected chi connectivity index (χ2v) is 6.85. The standard InChI is InChI=1S/C16H23BrN2O/c1-19(2)13-10-8-12(9-11-13)16(20)18-15-7-5-3-4-6-14(15)17/h8-11,14-15H,3-7H2,1-2H3,(H,18,20). The number of alkyl halides is 1. The SMILES string of the molecule is CN(C)c1ccc(C(=O)NC2CCCCCC2Br)cc1. The van der Waals surface area contributed by atoms with Crippen molar-refractivity contribution in [1.82, 2.24) is 5.32 Å². The molecule has 1 aliphatic rings. The number of rotatable bonds is 3. The van der Waals surface area contributed by atoms with Crippen LogP contribution in [0.2, 0.25) is 0 Å². The minimum Gasteiger partial charge on any atom is -0.378 e. The average molecular weight is 339 g/mol. The Morgan fingerprint density at radius 3 is 2.45 bits per heavy atom. The topological polar surface area (TPSA) is 32.3 Å². The summed E-state index contributed by atoms with van der Waals surface area (Å²) in [7, 11) is 3.99. The Hall–Kier alpha value is -1.03. The molecule has 0 aliphatic heterocycles. The van der Waals surface area contributed by atoms with Gasteiger partial charge in [0.05, 0.1) is 0 Å². The van der Waals surface area contributed by atoms with Crippen LogP contribution in [0.5, 0.6) is 0 Å². The molecule has 1 aromatic rings. The van der Waals surface area contributed by atoms with Gasteiger partial charge in [0, 0.05) is 36.2 Å². The van der Waals surface area contributed by atoms with Gasteiger partial charge in [-0.05, 0) is 37.1 Å². The van der Waals surface area contributed by atoms with Crippen LogP contribution in [0.25, 0.3) is 0 Å². The lowest BCUT2D eigenvalue weighted by Crippen LogP contribution is -2.40. The lowest BCUT2D eigenvalue weighted by atomic mass is 10.1. The largest absolute Gasteiger partial charge is 0.378 e. The number of anilines is 1. The molecule has 3 nitrogen and oxygen atoms in total. The van der Waals surface area contributed by atoms with Gasteiger partial charge in [-0.2, -0.15) is 0 Å². The van der Waals surface area contributed by atoms with Crippen LogP contribution in [0.15, 0.2) is 24.3 Å². The third-order valence-corrected chi connectivity index (χ3v) is 4.99. The molecule has 0 aromatic heterocycles. The van der Waals surface area contributed by atoms with Crippen molar-refractivity contribution in [2.24, 2.45) is 0 Å². The summed E-state index contributed by atoms with van der Waals surface area (Å²) in [6, 6.07) is 8.00. The van der Waals surface area contributed by atoms with E-state index in [4.69, 9.17) is 0 Å². The molecule has 20 heavy (non-hydrogen) atoms. The zero-order valence-electron chi connectivity index (χ0n) is 12.2. The van der Waals surface area contributed by atoms with Gasteiger partial charge < -0.3 is 10.2 Å². The maximum absolute atomic E-state index is 12.3. The molecule has 1 saturated carbocycles. The zero-order chi connectivity index (χ0) is 14.5. The van der Waals surface area contributed by atoms with Crippen molar-refractivity contribution in [2.45, 2.75) is 43.0 Å². The first-order valence-corrected chi connectivity index (χ1v) is 8.22. The van der Waals surface area contributed by atoms with Gasteiger partial charge in [0.2, 0.25) is 0 Å². The fourth-order valence-corrected chi connectivity index (χ4v) is 3.31. The Labute approximate surface area is 129 Å². The van der Waals surface area contributed by atoms with E-state index in [1.54, 1.807) is 0 Å². The molecule has 2 rings (SSSR count). The fourth-order valence-electron chi connectivity index (χ4n) is 2.59. The highest BCUT2D eigenvalue weighted by atomic mass is 79.9. The molecule has 0 heterocycles. The number of hydrogen-bond donors (Lipinski definition) is 1. The molecule has 1 aliphatic carbocycles. The summed E-state index contributed by atoms with van der Waals surface area (Å²) in [5, 5.41) is 3.17. The molecule has 0 radical (unpaired) electrons. The number of benzene rings is 1. The Kier molecular flexibility index (Phi) is 5.46. The molecule has 2 unspecified atom stereocenters. The number of halogens is 1. The highest BCUT2D eigenvalue weighted by Gasteiger charge is 2.23. The summed E-state index contributed by atoms with van der Waals surface area (Å²) in [4.78, 5) is 14.7. The van der Waals surface area contributed by atoms with E-state index in [2.05, 4.69) is 21.2 Å². The summed E-state index contributed by atoms with van der Waals surface area (Å²) in [5.41, 5.74) is 1.84. The number of nitrogens with zero attached hydrogens (tertiary/aromatic N) is 1. The van der Waals surface area contributed by atoms with E-state index in [0.717, 1.165) is 24.1 Å². The van der Waals surface area contributed by atoms with Crippen molar-refractivity contribution in [3.8, 4) is 0 Å². The molecule has 1 aromatic carbocycles. The average Bonchev–Trinajstić information content (AvgIpc) is 2.64. The van der Waals surface area contributed by atoms with Gasteiger partial charge >= 0.3 is 0 Å². The highest BCUT2D eigenvalue weighted by Crippen LogP contribution is 2.24. The zero-order valence-corrected chi connectivity index (χ0v) is 13.8. The molecular weight excluding hydrogens is 316 g/mol. The quantitative estimate of drug-likeness (QED) is 0.674. The van der Waals surface area contributed by atoms with Gasteiger partial charge in [0.1, 0.15) is 0 Å². The Balaban J connectivity index is 1.99. The fraction of sp³-hybridized carbons (Fsp3) is 0.562. The van der Waals surface area contributed by atoms with Crippen molar-refractivity contribution < 1.29 is 4.79 Å². The van der Waals surface area contributed by atoms with Crippen LogP contribution in [0.3, 0.4) is 0 Å². The number of nitrogens with one attached hydrogen (secondary N) is 1. The molecule has 0 spiro atoms. The molecular formula is C16H23BrN2O. The van der Waals surface area contributed by atoms with Crippen molar-refractivity contribution in [3.63, 3.8) is 0 Å². The smallest absolute Gasteiger partial charge is 0.251 e. The maximum atomic E-state index is 12.3. The van der Waals surface area contributed by atoms with Gasteiger partial charge in [-0.15, -0.1) is 0 Å². The van der Waals surface area contributed by atoms with Gasteiger partial charge in [-0.1, -0.05) is 35.2 Å². The van der Waals surface area contributed by atoms with Gasteiger partial charge in [0.25, 0.3) is 5.91 Å². The molecule has 2 atom stereocenters. The first-order valence-electron chi connectivity index (χ1n) is 7.30. The van der Waals surface area contributed by atoms with E-state index in [0.29, 0.717) is 4.83 Å². The summed E-state index contributed by atoms with van der Waals surface area (Å²) in [6.45, 7) is 0. The number of hydrogen-bond acceptors (Lipinski definition) is 2. The number of amides is 1. The summed E-state index contributed by atoms with van der Waals surface area (Å²) in [5.74, 6) is 0.0339. The molecule has 1 N–H and O–H groups in total. The third kappa shape index (κ3) is 3.98. The van der Waals surface area contributed by atoms with E-state index < -0.39 is 0 Å². The molecule has 0 saturated heterocycles. The third-order valence-electron chi connectivity index (χ3n) is 3.89. The molecule has 1 amide bonds. The number of carbonyl (C=O) groups is 1. The predicted molar refractivity (Wildman–Crippen MR) is 87.8 cm³/mol. The Morgan fingerprint density at radius 1 is 1.15 bits per heavy atom. The van der Waals surface area contributed by atoms with Crippen molar-refractivity contribution in [3.05, 3.63) is 29.8 Å². The molecule has 110 valence electrons.